The standard InChI is InChI=1S/C16H24N2O/c1-2-3-4-7-12-17-16(19)15-11-10-13-8-5-6-9-14(13)18-15/h5-6,8-9,15,18H,2-4,7,10-12H2,1H3,(H,17,19). The molecule has 1 atom stereocenters. The van der Waals surface area contributed by atoms with E-state index < -0.39 is 0 Å². The third-order valence-electron chi connectivity index (χ3n) is 3.70. The monoisotopic (exact) mass is 260 g/mol. The lowest BCUT2D eigenvalue weighted by atomic mass is 9.98. The van der Waals surface area contributed by atoms with E-state index in [4.69, 9.17) is 0 Å². The van der Waals surface area contributed by atoms with Crippen LogP contribution in [0.5, 0.6) is 0 Å². The lowest BCUT2D eigenvalue weighted by Crippen LogP contribution is -2.42. The first-order valence-corrected chi connectivity index (χ1v) is 7.43. The average Bonchev–Trinajstić information content (AvgIpc) is 2.46. The molecule has 0 fully saturated rings. The van der Waals surface area contributed by atoms with Crippen molar-refractivity contribution in [2.24, 2.45) is 0 Å². The van der Waals surface area contributed by atoms with Gasteiger partial charge in [-0.15, -0.1) is 0 Å². The Balaban J connectivity index is 1.76. The third-order valence-corrected chi connectivity index (χ3v) is 3.70. The van der Waals surface area contributed by atoms with Crippen LogP contribution in [0.1, 0.15) is 44.6 Å². The fourth-order valence-corrected chi connectivity index (χ4v) is 2.52. The molecule has 0 bridgehead atoms. The summed E-state index contributed by atoms with van der Waals surface area (Å²) in [4.78, 5) is 12.1. The zero-order valence-corrected chi connectivity index (χ0v) is 11.7. The second kappa shape index (κ2) is 7.17. The maximum Gasteiger partial charge on any atom is 0.242 e. The fourth-order valence-electron chi connectivity index (χ4n) is 2.52. The van der Waals surface area contributed by atoms with Gasteiger partial charge in [-0.25, -0.2) is 0 Å². The third kappa shape index (κ3) is 3.98. The van der Waals surface area contributed by atoms with E-state index >= 15 is 0 Å². The van der Waals surface area contributed by atoms with Crippen molar-refractivity contribution in [3.63, 3.8) is 0 Å². The molecule has 0 spiro atoms. The van der Waals surface area contributed by atoms with Crippen molar-refractivity contribution >= 4 is 11.6 Å². The van der Waals surface area contributed by atoms with E-state index in [0.29, 0.717) is 0 Å². The van der Waals surface area contributed by atoms with Crippen molar-refractivity contribution in [1.29, 1.82) is 0 Å². The van der Waals surface area contributed by atoms with Gasteiger partial charge < -0.3 is 10.6 Å². The second-order valence-electron chi connectivity index (χ2n) is 5.24. The smallest absolute Gasteiger partial charge is 0.242 e. The predicted molar refractivity (Wildman–Crippen MR) is 79.3 cm³/mol. The van der Waals surface area contributed by atoms with E-state index in [0.717, 1.165) is 31.5 Å². The highest BCUT2D eigenvalue weighted by molar-refractivity contribution is 5.85. The minimum absolute atomic E-state index is 0.0684. The van der Waals surface area contributed by atoms with Crippen LogP contribution in [0.4, 0.5) is 5.69 Å². The molecule has 1 aromatic rings. The number of hydrogen-bond acceptors (Lipinski definition) is 2. The van der Waals surface area contributed by atoms with Crippen molar-refractivity contribution in [3.05, 3.63) is 29.8 Å². The van der Waals surface area contributed by atoms with Crippen LogP contribution in [0, 0.1) is 0 Å². The normalized spacial score (nSPS) is 17.4. The molecule has 0 aromatic heterocycles. The lowest BCUT2D eigenvalue weighted by Gasteiger charge is -2.26. The molecule has 3 nitrogen and oxygen atoms in total. The minimum atomic E-state index is -0.0684. The molecule has 2 N–H and O–H groups in total. The number of hydrogen-bond donors (Lipinski definition) is 2. The molecular weight excluding hydrogens is 236 g/mol. The largest absolute Gasteiger partial charge is 0.373 e. The fraction of sp³-hybridized carbons (Fsp3) is 0.562. The van der Waals surface area contributed by atoms with Gasteiger partial charge >= 0.3 is 0 Å². The van der Waals surface area contributed by atoms with Gasteiger partial charge in [0, 0.05) is 12.2 Å². The summed E-state index contributed by atoms with van der Waals surface area (Å²) in [6.45, 7) is 3.00. The topological polar surface area (TPSA) is 41.1 Å². The SMILES string of the molecule is CCCCCCNC(=O)C1CCc2ccccc2N1. The van der Waals surface area contributed by atoms with Gasteiger partial charge in [-0.3, -0.25) is 4.79 Å². The van der Waals surface area contributed by atoms with Gasteiger partial charge in [-0.1, -0.05) is 44.4 Å². The van der Waals surface area contributed by atoms with Crippen LogP contribution in [0.3, 0.4) is 0 Å². The van der Waals surface area contributed by atoms with E-state index in [-0.39, 0.29) is 11.9 Å². The Hall–Kier alpha value is -1.51. The zero-order chi connectivity index (χ0) is 13.5. The van der Waals surface area contributed by atoms with Gasteiger partial charge in [0.05, 0.1) is 0 Å². The van der Waals surface area contributed by atoms with E-state index in [2.05, 4.69) is 35.8 Å². The maximum atomic E-state index is 12.1. The first-order valence-electron chi connectivity index (χ1n) is 7.43. The summed E-state index contributed by atoms with van der Waals surface area (Å²) in [5.41, 5.74) is 2.43. The van der Waals surface area contributed by atoms with Crippen LogP contribution in [0.25, 0.3) is 0 Å². The molecule has 3 heteroatoms. The van der Waals surface area contributed by atoms with Crippen LogP contribution >= 0.6 is 0 Å². The summed E-state index contributed by atoms with van der Waals surface area (Å²) in [6, 6.07) is 8.17. The highest BCUT2D eigenvalue weighted by atomic mass is 16.2. The van der Waals surface area contributed by atoms with Gasteiger partial charge in [0.15, 0.2) is 0 Å². The molecule has 1 heterocycles. The molecule has 19 heavy (non-hydrogen) atoms. The van der Waals surface area contributed by atoms with Crippen LogP contribution in [0.2, 0.25) is 0 Å². The Kier molecular flexibility index (Phi) is 5.25. The predicted octanol–water partition coefficient (Wildman–Crippen LogP) is 3.11. The van der Waals surface area contributed by atoms with Crippen molar-refractivity contribution < 1.29 is 4.79 Å². The molecule has 0 radical (unpaired) electrons. The Morgan fingerprint density at radius 2 is 2.16 bits per heavy atom. The summed E-state index contributed by atoms with van der Waals surface area (Å²) in [6.07, 6.45) is 6.65. The number of fused-ring (bicyclic) bond motifs is 1. The van der Waals surface area contributed by atoms with Crippen LogP contribution < -0.4 is 10.6 Å². The number of benzene rings is 1. The number of para-hydroxylation sites is 1. The van der Waals surface area contributed by atoms with Crippen LogP contribution in [-0.2, 0) is 11.2 Å². The second-order valence-corrected chi connectivity index (χ2v) is 5.24. The number of aryl methyl sites for hydroxylation is 1. The first kappa shape index (κ1) is 13.9. The zero-order valence-electron chi connectivity index (χ0n) is 11.7. The Bertz CT molecular complexity index is 417. The molecule has 104 valence electrons. The molecular formula is C16H24N2O. The van der Waals surface area contributed by atoms with Crippen molar-refractivity contribution in [2.75, 3.05) is 11.9 Å². The molecule has 1 unspecified atom stereocenters. The number of nitrogens with one attached hydrogen (secondary N) is 2. The van der Waals surface area contributed by atoms with Crippen LogP contribution in [0.15, 0.2) is 24.3 Å². The van der Waals surface area contributed by atoms with Crippen molar-refractivity contribution in [3.8, 4) is 0 Å². The Morgan fingerprint density at radius 1 is 1.32 bits per heavy atom. The van der Waals surface area contributed by atoms with E-state index in [1.807, 2.05) is 6.07 Å². The summed E-state index contributed by atoms with van der Waals surface area (Å²) >= 11 is 0. The highest BCUT2D eigenvalue weighted by Crippen LogP contribution is 2.24. The molecule has 1 amide bonds. The van der Waals surface area contributed by atoms with E-state index in [1.54, 1.807) is 0 Å². The first-order chi connectivity index (χ1) is 9.31. The molecule has 0 saturated carbocycles. The number of unbranched alkanes of at least 4 members (excludes halogenated alkanes) is 3. The summed E-state index contributed by atoms with van der Waals surface area (Å²) < 4.78 is 0. The van der Waals surface area contributed by atoms with Crippen molar-refractivity contribution in [1.82, 2.24) is 5.32 Å². The minimum Gasteiger partial charge on any atom is -0.373 e. The van der Waals surface area contributed by atoms with Gasteiger partial charge in [0.2, 0.25) is 5.91 Å². The Morgan fingerprint density at radius 3 is 3.00 bits per heavy atom. The molecule has 0 aliphatic carbocycles. The quantitative estimate of drug-likeness (QED) is 0.772. The highest BCUT2D eigenvalue weighted by Gasteiger charge is 2.22. The number of rotatable bonds is 6. The molecule has 2 rings (SSSR count). The number of carbonyl (C=O) groups excluding carboxylic acids is 1. The molecule has 1 aliphatic heterocycles. The van der Waals surface area contributed by atoms with Gasteiger partial charge in [0.1, 0.15) is 6.04 Å². The van der Waals surface area contributed by atoms with Crippen LogP contribution in [-0.4, -0.2) is 18.5 Å². The molecule has 1 aliphatic rings. The Labute approximate surface area is 115 Å². The number of amides is 1. The van der Waals surface area contributed by atoms with Gasteiger partial charge in [-0.2, -0.15) is 0 Å². The van der Waals surface area contributed by atoms with E-state index in [1.165, 1.54) is 24.8 Å². The number of anilines is 1. The van der Waals surface area contributed by atoms with Gasteiger partial charge in [-0.05, 0) is 30.9 Å². The maximum absolute atomic E-state index is 12.1. The lowest BCUT2D eigenvalue weighted by molar-refractivity contribution is -0.122. The van der Waals surface area contributed by atoms with E-state index in [9.17, 15) is 4.79 Å². The molecule has 0 saturated heterocycles. The summed E-state index contributed by atoms with van der Waals surface area (Å²) in [7, 11) is 0. The summed E-state index contributed by atoms with van der Waals surface area (Å²) in [5.74, 6) is 0.144. The van der Waals surface area contributed by atoms with Gasteiger partial charge in [0.25, 0.3) is 0 Å². The average molecular weight is 260 g/mol. The molecule has 1 aromatic carbocycles. The number of carbonyl (C=O) groups is 1. The van der Waals surface area contributed by atoms with Crippen molar-refractivity contribution in [2.45, 2.75) is 51.5 Å². The summed E-state index contributed by atoms with van der Waals surface area (Å²) in [5, 5.41) is 6.38.